The maximum Gasteiger partial charge on any atom is 0.157 e. The van der Waals surface area contributed by atoms with Crippen LogP contribution in [-0.4, -0.2) is 20.2 Å². The summed E-state index contributed by atoms with van der Waals surface area (Å²) in [5.41, 5.74) is 2.62. The fourth-order valence-electron chi connectivity index (χ4n) is 1.57. The molecular weight excluding hydrogens is 212 g/mol. The molecule has 2 N–H and O–H groups in total. The Morgan fingerprint density at radius 1 is 1.20 bits per heavy atom. The van der Waals surface area contributed by atoms with Crippen LogP contribution >= 0.6 is 11.6 Å². The zero-order valence-corrected chi connectivity index (χ0v) is 8.42. The molecule has 5 heteroatoms. The van der Waals surface area contributed by atoms with Crippen molar-refractivity contribution in [2.75, 3.05) is 0 Å². The molecule has 3 rings (SSSR count). The number of aromatic amines is 2. The highest BCUT2D eigenvalue weighted by Gasteiger charge is 2.08. The van der Waals surface area contributed by atoms with Gasteiger partial charge >= 0.3 is 0 Å². The molecule has 0 spiro atoms. The minimum Gasteiger partial charge on any atom is -0.367 e. The highest BCUT2D eigenvalue weighted by atomic mass is 35.5. The van der Waals surface area contributed by atoms with E-state index in [-0.39, 0.29) is 0 Å². The lowest BCUT2D eigenvalue weighted by Crippen LogP contribution is -1.76. The molecule has 0 unspecified atom stereocenters. The van der Waals surface area contributed by atoms with Crippen molar-refractivity contribution in [2.45, 2.75) is 0 Å². The van der Waals surface area contributed by atoms with Gasteiger partial charge in [-0.3, -0.25) is 5.10 Å². The van der Waals surface area contributed by atoms with Gasteiger partial charge in [0.05, 0.1) is 0 Å². The summed E-state index contributed by atoms with van der Waals surface area (Å²) in [6.07, 6.45) is 3.75. The fraction of sp³-hybridized carbons (Fsp3) is 0. The van der Waals surface area contributed by atoms with E-state index in [2.05, 4.69) is 20.2 Å². The summed E-state index contributed by atoms with van der Waals surface area (Å²) in [6, 6.07) is 5.64. The first-order chi connectivity index (χ1) is 7.34. The molecule has 0 saturated carbocycles. The molecule has 0 aromatic carbocycles. The zero-order chi connectivity index (χ0) is 10.3. The van der Waals surface area contributed by atoms with Gasteiger partial charge in [0.2, 0.25) is 0 Å². The maximum atomic E-state index is 5.79. The van der Waals surface area contributed by atoms with E-state index in [1.54, 1.807) is 6.07 Å². The summed E-state index contributed by atoms with van der Waals surface area (Å²) in [5, 5.41) is 8.51. The van der Waals surface area contributed by atoms with E-state index >= 15 is 0 Å². The first kappa shape index (κ1) is 8.49. The molecule has 3 aromatic rings. The predicted molar refractivity (Wildman–Crippen MR) is 58.7 cm³/mol. The first-order valence-electron chi connectivity index (χ1n) is 4.48. The molecule has 0 aliphatic rings. The van der Waals surface area contributed by atoms with Crippen LogP contribution < -0.4 is 0 Å². The quantitative estimate of drug-likeness (QED) is 0.617. The van der Waals surface area contributed by atoms with Gasteiger partial charge < -0.3 is 4.98 Å². The summed E-state index contributed by atoms with van der Waals surface area (Å²) < 4.78 is 0. The van der Waals surface area contributed by atoms with E-state index in [1.165, 1.54) is 0 Å². The number of hydrogen-bond acceptors (Lipinski definition) is 2. The lowest BCUT2D eigenvalue weighted by molar-refractivity contribution is 1.10. The van der Waals surface area contributed by atoms with Crippen LogP contribution in [0.1, 0.15) is 0 Å². The first-order valence-corrected chi connectivity index (χ1v) is 4.86. The number of nitrogens with zero attached hydrogens (tertiary/aromatic N) is 2. The third kappa shape index (κ3) is 1.30. The minimum atomic E-state index is 0.465. The second-order valence-corrected chi connectivity index (χ2v) is 3.59. The van der Waals surface area contributed by atoms with Gasteiger partial charge in [-0.05, 0) is 18.2 Å². The van der Waals surface area contributed by atoms with E-state index in [0.717, 1.165) is 16.6 Å². The van der Waals surface area contributed by atoms with Crippen molar-refractivity contribution < 1.29 is 0 Å². The van der Waals surface area contributed by atoms with Crippen LogP contribution in [0.3, 0.4) is 0 Å². The molecule has 3 aromatic heterocycles. The van der Waals surface area contributed by atoms with E-state index in [0.29, 0.717) is 10.8 Å². The Hall–Kier alpha value is -1.81. The second-order valence-electron chi connectivity index (χ2n) is 3.20. The minimum absolute atomic E-state index is 0.465. The Bertz CT molecular complexity index is 597. The summed E-state index contributed by atoms with van der Waals surface area (Å²) in [7, 11) is 0. The van der Waals surface area contributed by atoms with E-state index in [1.807, 2.05) is 24.5 Å². The van der Waals surface area contributed by atoms with E-state index < -0.39 is 0 Å². The molecular formula is C10H7ClN4. The van der Waals surface area contributed by atoms with Crippen molar-refractivity contribution in [3.8, 4) is 11.3 Å². The lowest BCUT2D eigenvalue weighted by atomic mass is 10.2. The van der Waals surface area contributed by atoms with Crippen LogP contribution in [0, 0.1) is 0 Å². The molecule has 0 saturated heterocycles. The standard InChI is InChI=1S/C10H7ClN4/c11-8-2-1-7-9(6-3-4-12-5-6)14-15-10(7)13-8/h1-5,12H,(H,13,14,15). The Balaban J connectivity index is 2.29. The largest absolute Gasteiger partial charge is 0.367 e. The van der Waals surface area contributed by atoms with Crippen LogP contribution in [-0.2, 0) is 0 Å². The van der Waals surface area contributed by atoms with Gasteiger partial charge in [-0.2, -0.15) is 5.10 Å². The Labute approximate surface area is 90.3 Å². The summed E-state index contributed by atoms with van der Waals surface area (Å²) >= 11 is 5.79. The van der Waals surface area contributed by atoms with Crippen molar-refractivity contribution in [2.24, 2.45) is 0 Å². The summed E-state index contributed by atoms with van der Waals surface area (Å²) in [4.78, 5) is 7.14. The van der Waals surface area contributed by atoms with Gasteiger partial charge in [0.1, 0.15) is 10.8 Å². The molecule has 0 aliphatic carbocycles. The van der Waals surface area contributed by atoms with Gasteiger partial charge in [0.25, 0.3) is 0 Å². The summed E-state index contributed by atoms with van der Waals surface area (Å²) in [5.74, 6) is 0. The lowest BCUT2D eigenvalue weighted by Gasteiger charge is -1.92. The van der Waals surface area contributed by atoms with Crippen molar-refractivity contribution in [3.05, 3.63) is 35.7 Å². The predicted octanol–water partition coefficient (Wildman–Crippen LogP) is 2.61. The Morgan fingerprint density at radius 2 is 2.13 bits per heavy atom. The third-order valence-corrected chi connectivity index (χ3v) is 2.47. The van der Waals surface area contributed by atoms with E-state index in [4.69, 9.17) is 11.6 Å². The average Bonchev–Trinajstić information content (AvgIpc) is 2.82. The van der Waals surface area contributed by atoms with Crippen molar-refractivity contribution in [1.29, 1.82) is 0 Å². The van der Waals surface area contributed by atoms with Crippen LogP contribution in [0.5, 0.6) is 0 Å². The van der Waals surface area contributed by atoms with Gasteiger partial charge in [-0.15, -0.1) is 0 Å². The molecule has 0 fully saturated rings. The van der Waals surface area contributed by atoms with Gasteiger partial charge in [-0.25, -0.2) is 4.98 Å². The molecule has 74 valence electrons. The number of H-pyrrole nitrogens is 2. The van der Waals surface area contributed by atoms with Gasteiger partial charge in [-0.1, -0.05) is 11.6 Å². The van der Waals surface area contributed by atoms with Gasteiger partial charge in [0.15, 0.2) is 5.65 Å². The number of hydrogen-bond donors (Lipinski definition) is 2. The Kier molecular flexibility index (Phi) is 1.76. The number of pyridine rings is 1. The van der Waals surface area contributed by atoms with E-state index in [9.17, 15) is 0 Å². The molecule has 0 atom stereocenters. The van der Waals surface area contributed by atoms with Crippen LogP contribution in [0.2, 0.25) is 5.15 Å². The van der Waals surface area contributed by atoms with Crippen molar-refractivity contribution >= 4 is 22.6 Å². The molecule has 0 bridgehead atoms. The monoisotopic (exact) mass is 218 g/mol. The van der Waals surface area contributed by atoms with Crippen LogP contribution in [0.4, 0.5) is 0 Å². The number of rotatable bonds is 1. The highest BCUT2D eigenvalue weighted by molar-refractivity contribution is 6.29. The molecule has 4 nitrogen and oxygen atoms in total. The second kappa shape index (κ2) is 3.10. The van der Waals surface area contributed by atoms with Crippen molar-refractivity contribution in [1.82, 2.24) is 20.2 Å². The molecule has 0 radical (unpaired) electrons. The van der Waals surface area contributed by atoms with Gasteiger partial charge in [0, 0.05) is 23.3 Å². The molecule has 15 heavy (non-hydrogen) atoms. The number of aromatic nitrogens is 4. The number of halogens is 1. The topological polar surface area (TPSA) is 57.4 Å². The van der Waals surface area contributed by atoms with Crippen molar-refractivity contribution in [3.63, 3.8) is 0 Å². The third-order valence-electron chi connectivity index (χ3n) is 2.26. The Morgan fingerprint density at radius 3 is 2.93 bits per heavy atom. The molecule has 3 heterocycles. The number of nitrogens with one attached hydrogen (secondary N) is 2. The maximum absolute atomic E-state index is 5.79. The molecule has 0 amide bonds. The number of fused-ring (bicyclic) bond motifs is 1. The average molecular weight is 219 g/mol. The normalized spacial score (nSPS) is 11.0. The smallest absolute Gasteiger partial charge is 0.157 e. The molecule has 0 aliphatic heterocycles. The van der Waals surface area contributed by atoms with Crippen LogP contribution in [0.25, 0.3) is 22.3 Å². The highest BCUT2D eigenvalue weighted by Crippen LogP contribution is 2.25. The SMILES string of the molecule is Clc1ccc2c(-c3cc[nH]c3)n[nH]c2n1. The zero-order valence-electron chi connectivity index (χ0n) is 7.66. The van der Waals surface area contributed by atoms with Crippen LogP contribution in [0.15, 0.2) is 30.6 Å². The summed E-state index contributed by atoms with van der Waals surface area (Å²) in [6.45, 7) is 0. The fourth-order valence-corrected chi connectivity index (χ4v) is 1.72.